The lowest BCUT2D eigenvalue weighted by Crippen LogP contribution is -2.46. The molecular formula is C17H16ClIN2O3. The van der Waals surface area contributed by atoms with E-state index in [1.54, 1.807) is 35.2 Å². The van der Waals surface area contributed by atoms with E-state index in [0.717, 1.165) is 16.4 Å². The van der Waals surface area contributed by atoms with Crippen molar-refractivity contribution >= 4 is 46.0 Å². The van der Waals surface area contributed by atoms with Gasteiger partial charge in [-0.05, 0) is 65.8 Å². The van der Waals surface area contributed by atoms with Crippen LogP contribution in [0.25, 0.3) is 0 Å². The maximum absolute atomic E-state index is 12.3. The molecule has 0 unspecified atom stereocenters. The van der Waals surface area contributed by atoms with E-state index < -0.39 is 0 Å². The highest BCUT2D eigenvalue weighted by atomic mass is 127. The molecule has 0 atom stereocenters. The summed E-state index contributed by atoms with van der Waals surface area (Å²) in [5, 5.41) is 3.67. The van der Waals surface area contributed by atoms with Crippen LogP contribution in [-0.2, 0) is 0 Å². The van der Waals surface area contributed by atoms with E-state index in [-0.39, 0.29) is 17.9 Å². The minimum Gasteiger partial charge on any atom is -0.459 e. The third-order valence-electron chi connectivity index (χ3n) is 4.03. The van der Waals surface area contributed by atoms with Crippen LogP contribution in [-0.4, -0.2) is 35.8 Å². The second-order valence-corrected chi connectivity index (χ2v) is 7.22. The molecule has 0 spiro atoms. The molecule has 0 saturated carbocycles. The molecule has 126 valence electrons. The van der Waals surface area contributed by atoms with Crippen molar-refractivity contribution in [1.29, 1.82) is 0 Å². The number of halogens is 2. The van der Waals surface area contributed by atoms with E-state index in [0.29, 0.717) is 29.4 Å². The summed E-state index contributed by atoms with van der Waals surface area (Å²) in [5.74, 6) is 0.144. The van der Waals surface area contributed by atoms with Gasteiger partial charge in [0.25, 0.3) is 11.8 Å². The van der Waals surface area contributed by atoms with Gasteiger partial charge < -0.3 is 14.6 Å². The van der Waals surface area contributed by atoms with E-state index in [4.69, 9.17) is 16.0 Å². The van der Waals surface area contributed by atoms with E-state index in [1.807, 2.05) is 0 Å². The van der Waals surface area contributed by atoms with Gasteiger partial charge in [0.15, 0.2) is 5.76 Å². The van der Waals surface area contributed by atoms with Crippen molar-refractivity contribution in [3.8, 4) is 0 Å². The van der Waals surface area contributed by atoms with Crippen molar-refractivity contribution in [2.45, 2.75) is 18.9 Å². The molecule has 1 aliphatic rings. The molecule has 0 aliphatic carbocycles. The minimum atomic E-state index is -0.111. The maximum atomic E-state index is 12.3. The summed E-state index contributed by atoms with van der Waals surface area (Å²) in [6.07, 6.45) is 2.94. The summed E-state index contributed by atoms with van der Waals surface area (Å²) in [6, 6.07) is 8.64. The molecule has 7 heteroatoms. The molecule has 1 aliphatic heterocycles. The molecule has 5 nitrogen and oxygen atoms in total. The van der Waals surface area contributed by atoms with Crippen LogP contribution >= 0.6 is 34.2 Å². The standard InChI is InChI=1S/C17H16ClIN2O3/c18-13-4-3-11(10-14(13)19)16(22)20-12-5-7-21(8-6-12)17(23)15-2-1-9-24-15/h1-4,9-10,12H,5-8H2,(H,20,22). The van der Waals surface area contributed by atoms with Crippen LogP contribution in [0, 0.1) is 3.57 Å². The number of benzene rings is 1. The Morgan fingerprint density at radius 1 is 1.25 bits per heavy atom. The van der Waals surface area contributed by atoms with E-state index in [1.165, 1.54) is 6.26 Å². The Morgan fingerprint density at radius 2 is 2.00 bits per heavy atom. The fourth-order valence-corrected chi connectivity index (χ4v) is 3.32. The molecule has 1 N–H and O–H groups in total. The molecule has 1 fully saturated rings. The molecule has 1 aromatic heterocycles. The number of carbonyl (C=O) groups is 2. The van der Waals surface area contributed by atoms with Gasteiger partial charge in [-0.3, -0.25) is 9.59 Å². The Balaban J connectivity index is 1.54. The summed E-state index contributed by atoms with van der Waals surface area (Å²) in [4.78, 5) is 26.3. The summed E-state index contributed by atoms with van der Waals surface area (Å²) < 4.78 is 5.99. The normalized spacial score (nSPS) is 15.3. The van der Waals surface area contributed by atoms with Gasteiger partial charge in [0.2, 0.25) is 0 Å². The molecule has 2 amide bonds. The lowest BCUT2D eigenvalue weighted by Gasteiger charge is -2.31. The van der Waals surface area contributed by atoms with E-state index in [9.17, 15) is 9.59 Å². The van der Waals surface area contributed by atoms with Crippen LogP contribution in [0.5, 0.6) is 0 Å². The quantitative estimate of drug-likeness (QED) is 0.715. The predicted molar refractivity (Wildman–Crippen MR) is 99.3 cm³/mol. The van der Waals surface area contributed by atoms with Gasteiger partial charge in [-0.25, -0.2) is 0 Å². The number of nitrogens with one attached hydrogen (secondary N) is 1. The SMILES string of the molecule is O=C(NC1CCN(C(=O)c2ccco2)CC1)c1ccc(Cl)c(I)c1. The number of hydrogen-bond donors (Lipinski definition) is 1. The zero-order chi connectivity index (χ0) is 17.1. The van der Waals surface area contributed by atoms with E-state index in [2.05, 4.69) is 27.9 Å². The average Bonchev–Trinajstić information content (AvgIpc) is 3.12. The monoisotopic (exact) mass is 458 g/mol. The number of piperidine rings is 1. The lowest BCUT2D eigenvalue weighted by atomic mass is 10.0. The predicted octanol–water partition coefficient (Wildman–Crippen LogP) is 3.57. The second-order valence-electron chi connectivity index (χ2n) is 5.65. The topological polar surface area (TPSA) is 62.6 Å². The minimum absolute atomic E-state index is 0.0616. The van der Waals surface area contributed by atoms with Crippen LogP contribution in [0.2, 0.25) is 5.02 Å². The fourth-order valence-electron chi connectivity index (χ4n) is 2.69. The molecule has 3 rings (SSSR count). The van der Waals surface area contributed by atoms with Gasteiger partial charge in [-0.1, -0.05) is 11.6 Å². The Hall–Kier alpha value is -1.54. The van der Waals surface area contributed by atoms with Crippen molar-refractivity contribution in [2.24, 2.45) is 0 Å². The maximum Gasteiger partial charge on any atom is 0.289 e. The van der Waals surface area contributed by atoms with Gasteiger partial charge >= 0.3 is 0 Å². The highest BCUT2D eigenvalue weighted by Crippen LogP contribution is 2.20. The molecule has 0 radical (unpaired) electrons. The molecule has 1 aromatic carbocycles. The number of amides is 2. The first-order valence-electron chi connectivity index (χ1n) is 7.63. The van der Waals surface area contributed by atoms with Crippen molar-refractivity contribution in [1.82, 2.24) is 10.2 Å². The average molecular weight is 459 g/mol. The smallest absolute Gasteiger partial charge is 0.289 e. The van der Waals surface area contributed by atoms with Crippen molar-refractivity contribution < 1.29 is 14.0 Å². The molecule has 24 heavy (non-hydrogen) atoms. The molecule has 0 bridgehead atoms. The van der Waals surface area contributed by atoms with Gasteiger partial charge in [0, 0.05) is 28.3 Å². The van der Waals surface area contributed by atoms with Gasteiger partial charge in [-0.2, -0.15) is 0 Å². The van der Waals surface area contributed by atoms with Crippen molar-refractivity contribution in [2.75, 3.05) is 13.1 Å². The molecular weight excluding hydrogens is 443 g/mol. The third kappa shape index (κ3) is 3.92. The molecule has 2 aromatic rings. The van der Waals surface area contributed by atoms with Gasteiger partial charge in [-0.15, -0.1) is 0 Å². The number of likely N-dealkylation sites (tertiary alicyclic amines) is 1. The zero-order valence-electron chi connectivity index (χ0n) is 12.8. The number of furan rings is 1. The van der Waals surface area contributed by atoms with Crippen LogP contribution in [0.1, 0.15) is 33.8 Å². The number of carbonyl (C=O) groups excluding carboxylic acids is 2. The van der Waals surface area contributed by atoms with Crippen LogP contribution < -0.4 is 5.32 Å². The summed E-state index contributed by atoms with van der Waals surface area (Å²) in [5.41, 5.74) is 0.595. The third-order valence-corrected chi connectivity index (χ3v) is 5.57. The van der Waals surface area contributed by atoms with Crippen LogP contribution in [0.4, 0.5) is 0 Å². The molecule has 2 heterocycles. The van der Waals surface area contributed by atoms with Crippen molar-refractivity contribution in [3.63, 3.8) is 0 Å². The van der Waals surface area contributed by atoms with Gasteiger partial charge in [0.05, 0.1) is 11.3 Å². The first-order valence-corrected chi connectivity index (χ1v) is 9.09. The summed E-state index contributed by atoms with van der Waals surface area (Å²) >= 11 is 8.08. The van der Waals surface area contributed by atoms with Crippen LogP contribution in [0.15, 0.2) is 41.0 Å². The number of hydrogen-bond acceptors (Lipinski definition) is 3. The number of rotatable bonds is 3. The Labute approximate surface area is 158 Å². The zero-order valence-corrected chi connectivity index (χ0v) is 15.7. The first kappa shape index (κ1) is 17.3. The first-order chi connectivity index (χ1) is 11.5. The lowest BCUT2D eigenvalue weighted by molar-refractivity contribution is 0.0667. The Bertz CT molecular complexity index is 740. The molecule has 1 saturated heterocycles. The summed E-state index contributed by atoms with van der Waals surface area (Å²) in [6.45, 7) is 1.20. The number of nitrogens with zero attached hydrogens (tertiary/aromatic N) is 1. The van der Waals surface area contributed by atoms with Crippen LogP contribution in [0.3, 0.4) is 0 Å². The largest absolute Gasteiger partial charge is 0.459 e. The van der Waals surface area contributed by atoms with Crippen molar-refractivity contribution in [3.05, 3.63) is 56.5 Å². The van der Waals surface area contributed by atoms with E-state index >= 15 is 0 Å². The summed E-state index contributed by atoms with van der Waals surface area (Å²) in [7, 11) is 0. The second kappa shape index (κ2) is 7.57. The van der Waals surface area contributed by atoms with Gasteiger partial charge in [0.1, 0.15) is 0 Å². The highest BCUT2D eigenvalue weighted by Gasteiger charge is 2.26. The Kier molecular flexibility index (Phi) is 5.45. The highest BCUT2D eigenvalue weighted by molar-refractivity contribution is 14.1. The Morgan fingerprint density at radius 3 is 2.62 bits per heavy atom. The fraction of sp³-hybridized carbons (Fsp3) is 0.294.